The fraction of sp³-hybridized carbons (Fsp3) is 1.00. The van der Waals surface area contributed by atoms with E-state index in [-0.39, 0.29) is 0 Å². The second-order valence-corrected chi connectivity index (χ2v) is 5.09. The lowest BCUT2D eigenvalue weighted by atomic mass is 9.87. The van der Waals surface area contributed by atoms with E-state index in [2.05, 4.69) is 45.0 Å². The summed E-state index contributed by atoms with van der Waals surface area (Å²) in [6.45, 7) is 11.6. The summed E-state index contributed by atoms with van der Waals surface area (Å²) in [6.07, 6.45) is 2.47. The standard InChI is InChI=1S/C12H26N2/c1-6-12(7-2)9-14(5)11(8-13-12)10(3)4/h10-11,13H,6-9H2,1-5H3. The zero-order valence-corrected chi connectivity index (χ0v) is 10.4. The molecule has 84 valence electrons. The maximum Gasteiger partial charge on any atom is 0.0304 e. The highest BCUT2D eigenvalue weighted by atomic mass is 15.2. The second-order valence-electron chi connectivity index (χ2n) is 5.09. The largest absolute Gasteiger partial charge is 0.308 e. The van der Waals surface area contributed by atoms with E-state index in [0.29, 0.717) is 11.6 Å². The van der Waals surface area contributed by atoms with Gasteiger partial charge in [0.05, 0.1) is 0 Å². The molecule has 1 heterocycles. The normalized spacial score (nSPS) is 28.3. The van der Waals surface area contributed by atoms with Crippen molar-refractivity contribution in [2.75, 3.05) is 20.1 Å². The van der Waals surface area contributed by atoms with E-state index in [4.69, 9.17) is 0 Å². The third-order valence-corrected chi connectivity index (χ3v) is 3.93. The summed E-state index contributed by atoms with van der Waals surface area (Å²) in [4.78, 5) is 2.54. The van der Waals surface area contributed by atoms with E-state index in [1.165, 1.54) is 19.4 Å². The first kappa shape index (κ1) is 12.0. The summed E-state index contributed by atoms with van der Waals surface area (Å²) in [5, 5.41) is 3.75. The molecule has 2 nitrogen and oxygen atoms in total. The Kier molecular flexibility index (Phi) is 3.96. The van der Waals surface area contributed by atoms with E-state index in [9.17, 15) is 0 Å². The van der Waals surface area contributed by atoms with Crippen LogP contribution in [0.2, 0.25) is 0 Å². The van der Waals surface area contributed by atoms with Gasteiger partial charge in [-0.1, -0.05) is 27.7 Å². The van der Waals surface area contributed by atoms with Gasteiger partial charge in [0.2, 0.25) is 0 Å². The predicted octanol–water partition coefficient (Wildman–Crippen LogP) is 2.10. The maximum absolute atomic E-state index is 3.75. The van der Waals surface area contributed by atoms with Gasteiger partial charge in [-0.2, -0.15) is 0 Å². The summed E-state index contributed by atoms with van der Waals surface area (Å²) in [6, 6.07) is 0.709. The van der Waals surface area contributed by atoms with Gasteiger partial charge in [-0.15, -0.1) is 0 Å². The first-order chi connectivity index (χ1) is 6.54. The summed E-state index contributed by atoms with van der Waals surface area (Å²) in [5.74, 6) is 0.749. The zero-order chi connectivity index (χ0) is 10.8. The van der Waals surface area contributed by atoms with E-state index < -0.39 is 0 Å². The van der Waals surface area contributed by atoms with Gasteiger partial charge in [-0.25, -0.2) is 0 Å². The van der Waals surface area contributed by atoms with Crippen molar-refractivity contribution in [3.63, 3.8) is 0 Å². The highest BCUT2D eigenvalue weighted by Crippen LogP contribution is 2.24. The molecule has 1 saturated heterocycles. The molecule has 0 spiro atoms. The molecule has 0 aromatic heterocycles. The lowest BCUT2D eigenvalue weighted by Crippen LogP contribution is -2.63. The van der Waals surface area contributed by atoms with Crippen LogP contribution >= 0.6 is 0 Å². The molecule has 0 aromatic carbocycles. The molecule has 0 amide bonds. The van der Waals surface area contributed by atoms with Crippen LogP contribution in [0.5, 0.6) is 0 Å². The number of piperazine rings is 1. The molecule has 0 aliphatic carbocycles. The Bertz CT molecular complexity index is 173. The van der Waals surface area contributed by atoms with E-state index in [0.717, 1.165) is 12.5 Å². The van der Waals surface area contributed by atoms with Gasteiger partial charge < -0.3 is 10.2 Å². The van der Waals surface area contributed by atoms with Crippen LogP contribution in [0.25, 0.3) is 0 Å². The van der Waals surface area contributed by atoms with Gasteiger partial charge in [0, 0.05) is 24.7 Å². The maximum atomic E-state index is 3.75. The summed E-state index contributed by atoms with van der Waals surface area (Å²) >= 11 is 0. The van der Waals surface area contributed by atoms with Crippen molar-refractivity contribution in [3.8, 4) is 0 Å². The molecule has 1 aliphatic rings. The SMILES string of the molecule is CCC1(CC)CN(C)C(C(C)C)CN1. The van der Waals surface area contributed by atoms with Gasteiger partial charge in [0.15, 0.2) is 0 Å². The molecule has 0 radical (unpaired) electrons. The molecule has 1 N–H and O–H groups in total. The van der Waals surface area contributed by atoms with Crippen molar-refractivity contribution in [1.29, 1.82) is 0 Å². The van der Waals surface area contributed by atoms with Crippen LogP contribution in [-0.4, -0.2) is 36.6 Å². The van der Waals surface area contributed by atoms with Crippen molar-refractivity contribution in [3.05, 3.63) is 0 Å². The van der Waals surface area contributed by atoms with Crippen LogP contribution in [0, 0.1) is 5.92 Å². The van der Waals surface area contributed by atoms with Crippen LogP contribution in [0.1, 0.15) is 40.5 Å². The third-order valence-electron chi connectivity index (χ3n) is 3.93. The Labute approximate surface area is 89.1 Å². The quantitative estimate of drug-likeness (QED) is 0.747. The Morgan fingerprint density at radius 2 is 1.93 bits per heavy atom. The topological polar surface area (TPSA) is 15.3 Å². The summed E-state index contributed by atoms with van der Waals surface area (Å²) in [7, 11) is 2.27. The highest BCUT2D eigenvalue weighted by Gasteiger charge is 2.35. The molecule has 14 heavy (non-hydrogen) atoms. The first-order valence-electron chi connectivity index (χ1n) is 6.00. The first-order valence-corrected chi connectivity index (χ1v) is 6.00. The average molecular weight is 198 g/mol. The Hall–Kier alpha value is -0.0800. The van der Waals surface area contributed by atoms with E-state index >= 15 is 0 Å². The lowest BCUT2D eigenvalue weighted by molar-refractivity contribution is 0.0726. The van der Waals surface area contributed by atoms with Crippen LogP contribution in [0.3, 0.4) is 0 Å². The minimum atomic E-state index is 0.375. The number of rotatable bonds is 3. The molecule has 2 heteroatoms. The molecule has 1 aliphatic heterocycles. The molecular weight excluding hydrogens is 172 g/mol. The van der Waals surface area contributed by atoms with Crippen LogP contribution < -0.4 is 5.32 Å². The molecule has 1 atom stereocenters. The fourth-order valence-corrected chi connectivity index (χ4v) is 2.60. The lowest BCUT2D eigenvalue weighted by Gasteiger charge is -2.47. The molecule has 0 saturated carbocycles. The van der Waals surface area contributed by atoms with E-state index in [1.807, 2.05) is 0 Å². The van der Waals surface area contributed by atoms with Gasteiger partial charge in [0.1, 0.15) is 0 Å². The van der Waals surface area contributed by atoms with Crippen LogP contribution in [0.15, 0.2) is 0 Å². The number of hydrogen-bond acceptors (Lipinski definition) is 2. The zero-order valence-electron chi connectivity index (χ0n) is 10.4. The van der Waals surface area contributed by atoms with Gasteiger partial charge in [0.25, 0.3) is 0 Å². The molecule has 0 aromatic rings. The van der Waals surface area contributed by atoms with Crippen LogP contribution in [0.4, 0.5) is 0 Å². The van der Waals surface area contributed by atoms with Crippen molar-refractivity contribution in [1.82, 2.24) is 10.2 Å². The summed E-state index contributed by atoms with van der Waals surface area (Å²) in [5.41, 5.74) is 0.375. The minimum absolute atomic E-state index is 0.375. The Morgan fingerprint density at radius 3 is 2.29 bits per heavy atom. The molecular formula is C12H26N2. The van der Waals surface area contributed by atoms with Crippen molar-refractivity contribution in [2.45, 2.75) is 52.1 Å². The predicted molar refractivity (Wildman–Crippen MR) is 62.6 cm³/mol. The number of likely N-dealkylation sites (N-methyl/N-ethyl adjacent to an activating group) is 1. The molecule has 1 fully saturated rings. The monoisotopic (exact) mass is 198 g/mol. The van der Waals surface area contributed by atoms with E-state index in [1.54, 1.807) is 0 Å². The van der Waals surface area contributed by atoms with Crippen molar-refractivity contribution in [2.24, 2.45) is 5.92 Å². The molecule has 1 rings (SSSR count). The summed E-state index contributed by atoms with van der Waals surface area (Å²) < 4.78 is 0. The van der Waals surface area contributed by atoms with Gasteiger partial charge >= 0.3 is 0 Å². The molecule has 1 unspecified atom stereocenters. The van der Waals surface area contributed by atoms with Crippen molar-refractivity contribution >= 4 is 0 Å². The van der Waals surface area contributed by atoms with Crippen LogP contribution in [-0.2, 0) is 0 Å². The number of nitrogens with zero attached hydrogens (tertiary/aromatic N) is 1. The van der Waals surface area contributed by atoms with Gasteiger partial charge in [-0.3, -0.25) is 0 Å². The fourth-order valence-electron chi connectivity index (χ4n) is 2.60. The smallest absolute Gasteiger partial charge is 0.0304 e. The second kappa shape index (κ2) is 4.63. The minimum Gasteiger partial charge on any atom is -0.308 e. The number of nitrogens with one attached hydrogen (secondary N) is 1. The van der Waals surface area contributed by atoms with Gasteiger partial charge in [-0.05, 0) is 25.8 Å². The highest BCUT2D eigenvalue weighted by molar-refractivity contribution is 4.96. The number of hydrogen-bond donors (Lipinski definition) is 1. The third kappa shape index (κ3) is 2.29. The Balaban J connectivity index is 2.62. The average Bonchev–Trinajstić information content (AvgIpc) is 2.17. The molecule has 0 bridgehead atoms. The van der Waals surface area contributed by atoms with Crippen molar-refractivity contribution < 1.29 is 0 Å². The Morgan fingerprint density at radius 1 is 1.36 bits per heavy atom.